The number of hydrogen-bond donors (Lipinski definition) is 1. The van der Waals surface area contributed by atoms with Crippen molar-refractivity contribution in [2.45, 2.75) is 6.61 Å². The Labute approximate surface area is 169 Å². The second-order valence-electron chi connectivity index (χ2n) is 6.12. The molecular formula is C24H17N3O2. The maximum Gasteiger partial charge on any atom is 0.266 e. The predicted molar refractivity (Wildman–Crippen MR) is 111 cm³/mol. The average Bonchev–Trinajstić information content (AvgIpc) is 2.77. The van der Waals surface area contributed by atoms with Crippen LogP contribution >= 0.6 is 0 Å². The van der Waals surface area contributed by atoms with E-state index in [1.807, 2.05) is 30.3 Å². The largest absolute Gasteiger partial charge is 0.489 e. The molecule has 0 saturated heterocycles. The van der Waals surface area contributed by atoms with Gasteiger partial charge in [0, 0.05) is 11.3 Å². The van der Waals surface area contributed by atoms with Gasteiger partial charge in [-0.3, -0.25) is 4.79 Å². The lowest BCUT2D eigenvalue weighted by molar-refractivity contribution is -0.112. The Morgan fingerprint density at radius 3 is 2.31 bits per heavy atom. The summed E-state index contributed by atoms with van der Waals surface area (Å²) < 4.78 is 5.73. The Hall–Kier alpha value is -4.35. The van der Waals surface area contributed by atoms with E-state index in [0.717, 1.165) is 5.56 Å². The molecule has 5 nitrogen and oxygen atoms in total. The summed E-state index contributed by atoms with van der Waals surface area (Å²) in [4.78, 5) is 12.3. The van der Waals surface area contributed by atoms with Crippen LogP contribution in [0.1, 0.15) is 16.7 Å². The molecule has 3 aromatic rings. The molecule has 0 heterocycles. The van der Waals surface area contributed by atoms with E-state index >= 15 is 0 Å². The van der Waals surface area contributed by atoms with Crippen molar-refractivity contribution in [3.63, 3.8) is 0 Å². The molecule has 0 fully saturated rings. The first-order valence-electron chi connectivity index (χ1n) is 8.88. The van der Waals surface area contributed by atoms with E-state index in [1.165, 1.54) is 6.08 Å². The summed E-state index contributed by atoms with van der Waals surface area (Å²) in [6, 6.07) is 27.3. The number of carbonyl (C=O) groups is 1. The van der Waals surface area contributed by atoms with Gasteiger partial charge in [0.05, 0.1) is 11.6 Å². The summed E-state index contributed by atoms with van der Waals surface area (Å²) in [6.45, 7) is 0.280. The molecule has 5 heteroatoms. The van der Waals surface area contributed by atoms with Crippen LogP contribution in [0, 0.1) is 22.7 Å². The predicted octanol–water partition coefficient (Wildman–Crippen LogP) is 4.68. The highest BCUT2D eigenvalue weighted by atomic mass is 16.5. The molecule has 0 aromatic heterocycles. The molecule has 29 heavy (non-hydrogen) atoms. The molecule has 140 valence electrons. The van der Waals surface area contributed by atoms with Crippen LogP contribution in [0.15, 0.2) is 84.4 Å². The van der Waals surface area contributed by atoms with Gasteiger partial charge < -0.3 is 10.1 Å². The van der Waals surface area contributed by atoms with Crippen LogP contribution in [0.4, 0.5) is 5.69 Å². The number of carbonyl (C=O) groups excluding carboxylic acids is 1. The van der Waals surface area contributed by atoms with Crippen LogP contribution in [0.5, 0.6) is 5.75 Å². The van der Waals surface area contributed by atoms with Gasteiger partial charge in [-0.2, -0.15) is 10.5 Å². The number of ether oxygens (including phenoxy) is 1. The SMILES string of the molecule is N#C/C(=C\c1ccc(OCc2ccccc2C#N)cc1)C(=O)Nc1ccccc1. The van der Waals surface area contributed by atoms with E-state index in [4.69, 9.17) is 10.00 Å². The number of hydrogen-bond acceptors (Lipinski definition) is 4. The fourth-order valence-electron chi connectivity index (χ4n) is 2.61. The minimum Gasteiger partial charge on any atom is -0.489 e. The minimum absolute atomic E-state index is 0.00506. The third-order valence-corrected chi connectivity index (χ3v) is 4.12. The summed E-state index contributed by atoms with van der Waals surface area (Å²) in [5, 5.41) is 21.1. The fraction of sp³-hybridized carbons (Fsp3) is 0.0417. The topological polar surface area (TPSA) is 85.9 Å². The molecular weight excluding hydrogens is 362 g/mol. The monoisotopic (exact) mass is 379 g/mol. The minimum atomic E-state index is -0.466. The molecule has 1 amide bonds. The molecule has 3 rings (SSSR count). The van der Waals surface area contributed by atoms with Crippen LogP contribution < -0.4 is 10.1 Å². The van der Waals surface area contributed by atoms with E-state index in [0.29, 0.717) is 22.6 Å². The zero-order valence-corrected chi connectivity index (χ0v) is 15.5. The number of nitrogens with zero attached hydrogens (tertiary/aromatic N) is 2. The van der Waals surface area contributed by atoms with Crippen LogP contribution in [-0.4, -0.2) is 5.91 Å². The van der Waals surface area contributed by atoms with E-state index in [1.54, 1.807) is 54.6 Å². The Bertz CT molecular complexity index is 1110. The molecule has 0 spiro atoms. The van der Waals surface area contributed by atoms with Gasteiger partial charge in [0.15, 0.2) is 0 Å². The van der Waals surface area contributed by atoms with Crippen LogP contribution in [0.2, 0.25) is 0 Å². The summed E-state index contributed by atoms with van der Waals surface area (Å²) in [6.07, 6.45) is 1.52. The van der Waals surface area contributed by atoms with Crippen molar-refractivity contribution in [2.24, 2.45) is 0 Å². The highest BCUT2D eigenvalue weighted by Gasteiger charge is 2.09. The zero-order valence-electron chi connectivity index (χ0n) is 15.5. The number of anilines is 1. The van der Waals surface area contributed by atoms with E-state index in [-0.39, 0.29) is 12.2 Å². The Morgan fingerprint density at radius 2 is 1.62 bits per heavy atom. The van der Waals surface area contributed by atoms with Crippen molar-refractivity contribution in [3.8, 4) is 17.9 Å². The van der Waals surface area contributed by atoms with Crippen molar-refractivity contribution in [1.29, 1.82) is 10.5 Å². The third kappa shape index (κ3) is 5.32. The van der Waals surface area contributed by atoms with E-state index < -0.39 is 5.91 Å². The standard InChI is InChI=1S/C24H17N3O2/c25-15-19-6-4-5-7-20(19)17-29-23-12-10-18(11-13-23)14-21(16-26)24(28)27-22-8-2-1-3-9-22/h1-14H,17H2,(H,27,28)/b21-14+. The molecule has 0 bridgehead atoms. The molecule has 0 unspecified atom stereocenters. The highest BCUT2D eigenvalue weighted by Crippen LogP contribution is 2.18. The maximum absolute atomic E-state index is 12.3. The number of nitrogens with one attached hydrogen (secondary N) is 1. The molecule has 0 atom stereocenters. The highest BCUT2D eigenvalue weighted by molar-refractivity contribution is 6.09. The van der Waals surface area contributed by atoms with Crippen molar-refractivity contribution in [3.05, 3.63) is 101 Å². The number of para-hydroxylation sites is 1. The van der Waals surface area contributed by atoms with E-state index in [9.17, 15) is 10.1 Å². The summed E-state index contributed by atoms with van der Waals surface area (Å²) in [5.74, 6) is 0.161. The van der Waals surface area contributed by atoms with Crippen LogP contribution in [0.25, 0.3) is 6.08 Å². The van der Waals surface area contributed by atoms with Crippen molar-refractivity contribution >= 4 is 17.7 Å². The molecule has 0 saturated carbocycles. The second kappa shape index (κ2) is 9.55. The summed E-state index contributed by atoms with van der Waals surface area (Å²) in [7, 11) is 0. The lowest BCUT2D eigenvalue weighted by atomic mass is 10.1. The van der Waals surface area contributed by atoms with Gasteiger partial charge in [-0.25, -0.2) is 0 Å². The molecule has 0 aliphatic carbocycles. The summed E-state index contributed by atoms with van der Waals surface area (Å²) in [5.41, 5.74) is 2.72. The number of amides is 1. The average molecular weight is 379 g/mol. The van der Waals surface area contributed by atoms with E-state index in [2.05, 4.69) is 11.4 Å². The van der Waals surface area contributed by atoms with Gasteiger partial charge in [0.1, 0.15) is 24.0 Å². The molecule has 0 aliphatic rings. The summed E-state index contributed by atoms with van der Waals surface area (Å²) >= 11 is 0. The molecule has 1 N–H and O–H groups in total. The molecule has 3 aromatic carbocycles. The normalized spacial score (nSPS) is 10.5. The lowest BCUT2D eigenvalue weighted by Gasteiger charge is -2.08. The van der Waals surface area contributed by atoms with Gasteiger partial charge in [-0.1, -0.05) is 48.5 Å². The van der Waals surface area contributed by atoms with Crippen molar-refractivity contribution in [1.82, 2.24) is 0 Å². The molecule has 0 aliphatic heterocycles. The van der Waals surface area contributed by atoms with Gasteiger partial charge in [-0.05, 0) is 42.0 Å². The Morgan fingerprint density at radius 1 is 0.931 bits per heavy atom. The third-order valence-electron chi connectivity index (χ3n) is 4.12. The first kappa shape index (κ1) is 19.4. The van der Waals surface area contributed by atoms with Crippen molar-refractivity contribution < 1.29 is 9.53 Å². The number of benzene rings is 3. The number of nitriles is 2. The maximum atomic E-state index is 12.3. The quantitative estimate of drug-likeness (QED) is 0.497. The van der Waals surface area contributed by atoms with Gasteiger partial charge in [0.2, 0.25) is 0 Å². The van der Waals surface area contributed by atoms with Crippen LogP contribution in [-0.2, 0) is 11.4 Å². The van der Waals surface area contributed by atoms with Gasteiger partial charge >= 0.3 is 0 Å². The van der Waals surface area contributed by atoms with Crippen molar-refractivity contribution in [2.75, 3.05) is 5.32 Å². The Kier molecular flexibility index (Phi) is 6.39. The fourth-order valence-corrected chi connectivity index (χ4v) is 2.61. The Balaban J connectivity index is 1.66. The smallest absolute Gasteiger partial charge is 0.266 e. The molecule has 0 radical (unpaired) electrons. The lowest BCUT2D eigenvalue weighted by Crippen LogP contribution is -2.13. The first-order chi connectivity index (χ1) is 14.2. The first-order valence-corrected chi connectivity index (χ1v) is 8.88. The van der Waals surface area contributed by atoms with Gasteiger partial charge in [0.25, 0.3) is 5.91 Å². The van der Waals surface area contributed by atoms with Crippen LogP contribution in [0.3, 0.4) is 0 Å². The van der Waals surface area contributed by atoms with Gasteiger partial charge in [-0.15, -0.1) is 0 Å². The second-order valence-corrected chi connectivity index (χ2v) is 6.12. The zero-order chi connectivity index (χ0) is 20.5. The number of rotatable bonds is 6.